The predicted octanol–water partition coefficient (Wildman–Crippen LogP) is 4.44. The molecule has 0 aliphatic heterocycles. The van der Waals surface area contributed by atoms with Crippen LogP contribution in [-0.4, -0.2) is 5.97 Å². The van der Waals surface area contributed by atoms with Gasteiger partial charge in [-0.2, -0.15) is 5.26 Å². The number of rotatable bonds is 4. The maximum absolute atomic E-state index is 11.8. The molecule has 0 N–H and O–H groups in total. The van der Waals surface area contributed by atoms with Gasteiger partial charge in [0.15, 0.2) is 0 Å². The topological polar surface area (TPSA) is 63.2 Å². The number of carbonyl (C=O) groups excluding carboxylic acids is 1. The van der Waals surface area contributed by atoms with Crippen molar-refractivity contribution in [1.82, 2.24) is 0 Å². The zero-order valence-corrected chi connectivity index (χ0v) is 12.7. The second-order valence-electron chi connectivity index (χ2n) is 4.98. The van der Waals surface area contributed by atoms with Gasteiger partial charge < -0.3 is 9.15 Å². The minimum absolute atomic E-state index is 0.460. The summed E-state index contributed by atoms with van der Waals surface area (Å²) in [5, 5.41) is 8.81. The van der Waals surface area contributed by atoms with Gasteiger partial charge in [0.1, 0.15) is 11.5 Å². The van der Waals surface area contributed by atoms with E-state index >= 15 is 0 Å². The fourth-order valence-electron chi connectivity index (χ4n) is 2.14. The molecular formula is C20H13NO3. The average Bonchev–Trinajstić information content (AvgIpc) is 3.14. The van der Waals surface area contributed by atoms with Gasteiger partial charge in [0, 0.05) is 6.08 Å². The van der Waals surface area contributed by atoms with Crippen LogP contribution in [-0.2, 0) is 4.79 Å². The van der Waals surface area contributed by atoms with Crippen molar-refractivity contribution < 1.29 is 13.9 Å². The Balaban J connectivity index is 1.65. The maximum atomic E-state index is 11.8. The van der Waals surface area contributed by atoms with Crippen LogP contribution in [0.5, 0.6) is 5.75 Å². The molecule has 1 aromatic heterocycles. The molecule has 3 aromatic rings. The summed E-state index contributed by atoms with van der Waals surface area (Å²) in [6.45, 7) is 0. The number of benzene rings is 2. The fraction of sp³-hybridized carbons (Fsp3) is 0. The first-order valence-electron chi connectivity index (χ1n) is 7.28. The van der Waals surface area contributed by atoms with Gasteiger partial charge in [-0.1, -0.05) is 24.3 Å². The predicted molar refractivity (Wildman–Crippen MR) is 90.0 cm³/mol. The maximum Gasteiger partial charge on any atom is 0.336 e. The Morgan fingerprint density at radius 3 is 2.25 bits per heavy atom. The van der Waals surface area contributed by atoms with Crippen LogP contribution in [0, 0.1) is 11.3 Å². The van der Waals surface area contributed by atoms with Gasteiger partial charge in [0.2, 0.25) is 0 Å². The van der Waals surface area contributed by atoms with E-state index < -0.39 is 5.97 Å². The molecule has 0 fully saturated rings. The van der Waals surface area contributed by atoms with Crippen LogP contribution in [0.2, 0.25) is 0 Å². The van der Waals surface area contributed by atoms with Crippen molar-refractivity contribution >= 4 is 12.0 Å². The molecule has 0 amide bonds. The highest BCUT2D eigenvalue weighted by molar-refractivity contribution is 5.88. The van der Waals surface area contributed by atoms with E-state index in [1.807, 2.05) is 24.3 Å². The summed E-state index contributed by atoms with van der Waals surface area (Å²) in [6.07, 6.45) is 4.40. The second kappa shape index (κ2) is 7.12. The van der Waals surface area contributed by atoms with Crippen molar-refractivity contribution in [3.63, 3.8) is 0 Å². The van der Waals surface area contributed by atoms with Crippen LogP contribution in [0.25, 0.3) is 17.2 Å². The van der Waals surface area contributed by atoms with Gasteiger partial charge in [-0.25, -0.2) is 4.79 Å². The molecule has 0 aliphatic carbocycles. The Hall–Kier alpha value is -3.58. The van der Waals surface area contributed by atoms with Crippen LogP contribution >= 0.6 is 0 Å². The lowest BCUT2D eigenvalue weighted by Gasteiger charge is -2.04. The standard InChI is InChI=1S/C20H13NO3/c21-14-15-3-5-16(6-4-15)17-7-9-19(10-8-17)24-20(22)12-11-18-2-1-13-23-18/h1-13H/b12-11+. The zero-order chi connectivity index (χ0) is 16.8. The first-order chi connectivity index (χ1) is 11.7. The van der Waals surface area contributed by atoms with E-state index in [2.05, 4.69) is 6.07 Å². The van der Waals surface area contributed by atoms with Gasteiger partial charge in [0.25, 0.3) is 0 Å². The molecule has 0 atom stereocenters. The molecule has 0 bridgehead atoms. The number of hydrogen-bond acceptors (Lipinski definition) is 4. The number of ether oxygens (including phenoxy) is 1. The molecule has 1 heterocycles. The molecule has 0 radical (unpaired) electrons. The van der Waals surface area contributed by atoms with E-state index in [9.17, 15) is 4.79 Å². The lowest BCUT2D eigenvalue weighted by molar-refractivity contribution is -0.128. The van der Waals surface area contributed by atoms with Gasteiger partial charge in [-0.15, -0.1) is 0 Å². The monoisotopic (exact) mass is 315 g/mol. The van der Waals surface area contributed by atoms with Gasteiger partial charge >= 0.3 is 5.97 Å². The highest BCUT2D eigenvalue weighted by Gasteiger charge is 2.03. The number of nitrogens with zero attached hydrogens (tertiary/aromatic N) is 1. The minimum atomic E-state index is -0.475. The Labute approximate surface area is 139 Å². The average molecular weight is 315 g/mol. The summed E-state index contributed by atoms with van der Waals surface area (Å²) in [5.41, 5.74) is 2.59. The Kier molecular flexibility index (Phi) is 4.55. The summed E-state index contributed by atoms with van der Waals surface area (Å²) in [6, 6.07) is 20.1. The van der Waals surface area contributed by atoms with Crippen molar-refractivity contribution in [2.75, 3.05) is 0 Å². The van der Waals surface area contributed by atoms with Crippen LogP contribution in [0.4, 0.5) is 0 Å². The summed E-state index contributed by atoms with van der Waals surface area (Å²) < 4.78 is 10.3. The van der Waals surface area contributed by atoms with E-state index in [1.165, 1.54) is 12.3 Å². The third-order valence-electron chi connectivity index (χ3n) is 3.35. The molecular weight excluding hydrogens is 302 g/mol. The lowest BCUT2D eigenvalue weighted by Crippen LogP contribution is -2.03. The zero-order valence-electron chi connectivity index (χ0n) is 12.7. The number of furan rings is 1. The molecule has 0 saturated heterocycles. The molecule has 0 saturated carbocycles. The summed E-state index contributed by atoms with van der Waals surface area (Å²) in [7, 11) is 0. The quantitative estimate of drug-likeness (QED) is 0.406. The summed E-state index contributed by atoms with van der Waals surface area (Å²) >= 11 is 0. The van der Waals surface area contributed by atoms with Crippen molar-refractivity contribution in [2.24, 2.45) is 0 Å². The Morgan fingerprint density at radius 2 is 1.67 bits per heavy atom. The molecule has 116 valence electrons. The third kappa shape index (κ3) is 3.79. The fourth-order valence-corrected chi connectivity index (χ4v) is 2.14. The smallest absolute Gasteiger partial charge is 0.336 e. The Bertz CT molecular complexity index is 884. The van der Waals surface area contributed by atoms with E-state index in [1.54, 1.807) is 42.5 Å². The van der Waals surface area contributed by atoms with Gasteiger partial charge in [-0.3, -0.25) is 0 Å². The summed E-state index contributed by atoms with van der Waals surface area (Å²) in [5.74, 6) is 0.571. The van der Waals surface area contributed by atoms with Crippen molar-refractivity contribution in [1.29, 1.82) is 5.26 Å². The Morgan fingerprint density at radius 1 is 1.00 bits per heavy atom. The molecule has 2 aromatic carbocycles. The van der Waals surface area contributed by atoms with Crippen LogP contribution in [0.15, 0.2) is 77.4 Å². The number of esters is 1. The normalized spacial score (nSPS) is 10.5. The largest absolute Gasteiger partial charge is 0.465 e. The van der Waals surface area contributed by atoms with Gasteiger partial charge in [0.05, 0.1) is 17.9 Å². The molecule has 3 rings (SSSR count). The van der Waals surface area contributed by atoms with E-state index in [0.29, 0.717) is 17.1 Å². The van der Waals surface area contributed by atoms with Crippen LogP contribution < -0.4 is 4.74 Å². The number of nitriles is 1. The van der Waals surface area contributed by atoms with Crippen LogP contribution in [0.1, 0.15) is 11.3 Å². The second-order valence-corrected chi connectivity index (χ2v) is 4.98. The first-order valence-corrected chi connectivity index (χ1v) is 7.28. The molecule has 0 spiro atoms. The molecule has 0 unspecified atom stereocenters. The van der Waals surface area contributed by atoms with Crippen molar-refractivity contribution in [3.05, 3.63) is 84.3 Å². The van der Waals surface area contributed by atoms with E-state index in [-0.39, 0.29) is 0 Å². The lowest BCUT2D eigenvalue weighted by atomic mass is 10.0. The SMILES string of the molecule is N#Cc1ccc(-c2ccc(OC(=O)/C=C/c3ccco3)cc2)cc1. The molecule has 24 heavy (non-hydrogen) atoms. The highest BCUT2D eigenvalue weighted by atomic mass is 16.5. The molecule has 4 heteroatoms. The van der Waals surface area contributed by atoms with Gasteiger partial charge in [-0.05, 0) is 53.6 Å². The number of hydrogen-bond donors (Lipinski definition) is 0. The first kappa shape index (κ1) is 15.3. The number of carbonyl (C=O) groups is 1. The van der Waals surface area contributed by atoms with E-state index in [0.717, 1.165) is 11.1 Å². The van der Waals surface area contributed by atoms with Crippen molar-refractivity contribution in [3.8, 4) is 22.9 Å². The highest BCUT2D eigenvalue weighted by Crippen LogP contribution is 2.23. The molecule has 4 nitrogen and oxygen atoms in total. The van der Waals surface area contributed by atoms with E-state index in [4.69, 9.17) is 14.4 Å². The molecule has 0 aliphatic rings. The minimum Gasteiger partial charge on any atom is -0.465 e. The van der Waals surface area contributed by atoms with Crippen LogP contribution in [0.3, 0.4) is 0 Å². The third-order valence-corrected chi connectivity index (χ3v) is 3.35. The van der Waals surface area contributed by atoms with Crippen molar-refractivity contribution in [2.45, 2.75) is 0 Å². The summed E-state index contributed by atoms with van der Waals surface area (Å²) in [4.78, 5) is 11.8.